The molecule has 8 heteroatoms. The number of nitrogens with one attached hydrogen (secondary N) is 1. The van der Waals surface area contributed by atoms with Gasteiger partial charge in [-0.2, -0.15) is 0 Å². The monoisotopic (exact) mass is 859 g/mol. The van der Waals surface area contributed by atoms with Crippen molar-refractivity contribution in [2.75, 3.05) is 44.2 Å². The van der Waals surface area contributed by atoms with Crippen LogP contribution in [0.4, 0.5) is 4.39 Å². The Hall–Kier alpha value is -2.29. The summed E-state index contributed by atoms with van der Waals surface area (Å²) in [5.41, 5.74) is 4.88. The van der Waals surface area contributed by atoms with Crippen LogP contribution in [0.3, 0.4) is 0 Å². The highest BCUT2D eigenvalue weighted by Crippen LogP contribution is 2.74. The van der Waals surface area contributed by atoms with Crippen molar-refractivity contribution in [2.24, 2.45) is 62.1 Å². The number of hydrogen-bond acceptors (Lipinski definition) is 6. The molecule has 4 saturated carbocycles. The highest BCUT2D eigenvalue weighted by molar-refractivity contribution is 7.91. The van der Waals surface area contributed by atoms with E-state index in [-0.39, 0.29) is 40.2 Å². The van der Waals surface area contributed by atoms with Crippen LogP contribution < -0.4 is 5.32 Å². The van der Waals surface area contributed by atoms with Crippen LogP contribution >= 0.6 is 0 Å². The molecule has 1 saturated heterocycles. The van der Waals surface area contributed by atoms with Gasteiger partial charge in [0.1, 0.15) is 18.2 Å². The Labute approximate surface area is 369 Å². The van der Waals surface area contributed by atoms with Crippen molar-refractivity contribution in [1.82, 2.24) is 10.2 Å². The number of ether oxygens (including phenoxy) is 1. The normalized spacial score (nSPS) is 41.4. The number of esters is 1. The van der Waals surface area contributed by atoms with Crippen LogP contribution in [0.15, 0.2) is 65.8 Å². The number of benzene rings is 1. The highest BCUT2D eigenvalue weighted by atomic mass is 32.2. The van der Waals surface area contributed by atoms with Crippen LogP contribution in [-0.4, -0.2) is 69.7 Å². The molecule has 7 aliphatic rings. The van der Waals surface area contributed by atoms with Crippen LogP contribution in [0.5, 0.6) is 0 Å². The lowest BCUT2D eigenvalue weighted by Gasteiger charge is -2.68. The zero-order chi connectivity index (χ0) is 43.6. The van der Waals surface area contributed by atoms with Gasteiger partial charge in [-0.15, -0.1) is 0 Å². The molecule has 6 aliphatic carbocycles. The van der Waals surface area contributed by atoms with Gasteiger partial charge in [0.15, 0.2) is 9.84 Å². The van der Waals surface area contributed by atoms with Gasteiger partial charge in [-0.1, -0.05) is 103 Å². The topological polar surface area (TPSA) is 75.7 Å². The number of nitrogens with zero attached hydrogens (tertiary/aromatic N) is 1. The molecular formula is C53H79FN2O4S. The molecular weight excluding hydrogens is 780 g/mol. The van der Waals surface area contributed by atoms with Crippen molar-refractivity contribution >= 4 is 15.8 Å². The van der Waals surface area contributed by atoms with Crippen LogP contribution in [0.2, 0.25) is 0 Å². The van der Waals surface area contributed by atoms with Gasteiger partial charge < -0.3 is 15.0 Å². The zero-order valence-electron chi connectivity index (χ0n) is 38.9. The average Bonchev–Trinajstić information content (AvgIpc) is 3.64. The fourth-order valence-electron chi connectivity index (χ4n) is 15.6. The first-order valence-electron chi connectivity index (χ1n) is 24.4. The second-order valence-electron chi connectivity index (χ2n) is 22.9. The molecule has 61 heavy (non-hydrogen) atoms. The molecule has 8 rings (SSSR count). The second kappa shape index (κ2) is 16.6. The van der Waals surface area contributed by atoms with Gasteiger partial charge >= 0.3 is 5.97 Å². The minimum Gasteiger partial charge on any atom is -0.460 e. The van der Waals surface area contributed by atoms with E-state index in [1.54, 1.807) is 0 Å². The van der Waals surface area contributed by atoms with Gasteiger partial charge in [0.25, 0.3) is 0 Å². The van der Waals surface area contributed by atoms with E-state index in [1.165, 1.54) is 74.5 Å². The molecule has 5 fully saturated rings. The molecule has 0 bridgehead atoms. The molecule has 1 N–H and O–H groups in total. The van der Waals surface area contributed by atoms with Crippen molar-refractivity contribution in [3.63, 3.8) is 0 Å². The number of carbonyl (C=O) groups is 1. The summed E-state index contributed by atoms with van der Waals surface area (Å²) in [6.07, 6.45) is 18.2. The Bertz CT molecular complexity index is 1980. The molecule has 6 nitrogen and oxygen atoms in total. The summed E-state index contributed by atoms with van der Waals surface area (Å²) in [6.45, 7) is 26.9. The maximum absolute atomic E-state index is 15.8. The van der Waals surface area contributed by atoms with E-state index < -0.39 is 21.4 Å². The van der Waals surface area contributed by atoms with Gasteiger partial charge in [-0.25, -0.2) is 12.8 Å². The minimum atomic E-state index is -2.84. The number of fused-ring (bicyclic) bond motifs is 3. The van der Waals surface area contributed by atoms with Gasteiger partial charge in [-0.05, 0) is 165 Å². The smallest absolute Gasteiger partial charge is 0.316 e. The van der Waals surface area contributed by atoms with E-state index in [0.29, 0.717) is 66.5 Å². The molecule has 0 spiro atoms. The van der Waals surface area contributed by atoms with Crippen molar-refractivity contribution < 1.29 is 22.3 Å². The Balaban J connectivity index is 0.969. The van der Waals surface area contributed by atoms with E-state index in [9.17, 15) is 13.2 Å². The van der Waals surface area contributed by atoms with Crippen LogP contribution in [0.1, 0.15) is 138 Å². The third-order valence-electron chi connectivity index (χ3n) is 19.5. The molecule has 0 amide bonds. The first-order valence-corrected chi connectivity index (χ1v) is 26.2. The first-order chi connectivity index (χ1) is 28.9. The summed E-state index contributed by atoms with van der Waals surface area (Å²) < 4.78 is 45.4. The zero-order valence-corrected chi connectivity index (χ0v) is 39.7. The summed E-state index contributed by atoms with van der Waals surface area (Å²) in [5.74, 6) is 2.31. The number of alkyl halides is 1. The SMILES string of the molecule is C=C(C)[C@@H]1CC[C@]2(CNCCCN3CCS(=O)(=O)CC3)CC[C@@](C)([C@]3(C)CC[C@H]4C(C)(C)C(C5=CC[C@]6(C(=O)OCc7ccccc7)C(F)C6C5)=CC[C@]4(C)[C@H]3CCC)C[C@@H]12. The Morgan fingerprint density at radius 2 is 1.70 bits per heavy atom. The summed E-state index contributed by atoms with van der Waals surface area (Å²) in [5, 5.41) is 3.96. The number of allylic oxidation sites excluding steroid dienone is 5. The average molecular weight is 859 g/mol. The number of rotatable bonds is 14. The van der Waals surface area contributed by atoms with Crippen molar-refractivity contribution in [2.45, 2.75) is 145 Å². The summed E-state index contributed by atoms with van der Waals surface area (Å²) in [4.78, 5) is 15.8. The molecule has 1 heterocycles. The predicted molar refractivity (Wildman–Crippen MR) is 246 cm³/mol. The maximum atomic E-state index is 15.8. The van der Waals surface area contributed by atoms with Gasteiger partial charge in [0.05, 0.1) is 11.5 Å². The summed E-state index contributed by atoms with van der Waals surface area (Å²) >= 11 is 0. The first kappa shape index (κ1) is 45.3. The standard InChI is InChI=1S/C53H79FN2O4S/c1-9-14-45-50(7)21-19-41(39-17-24-53(42(33-39)46(53)54)47(57)60-35-38-15-11-10-12-16-38)48(4,5)44(50)20-22-51(45,8)49(6)25-26-52(23-18-40(37(2)3)43(52)34-49)36-55-27-13-28-56-29-31-61(58,59)32-30-56/h10-12,15-17,19,40,42-46,55H,2,9,13-14,18,20-36H2,1,3-8H3/t40-,42?,43-,44-,45+,46?,49+,50-,51+,52+,53+/m0/s1. The molecule has 1 aromatic rings. The summed E-state index contributed by atoms with van der Waals surface area (Å²) in [6, 6.07) is 9.71. The second-order valence-corrected chi connectivity index (χ2v) is 25.2. The molecule has 0 radical (unpaired) electrons. The largest absolute Gasteiger partial charge is 0.460 e. The van der Waals surface area contributed by atoms with Gasteiger partial charge in [-0.3, -0.25) is 4.79 Å². The molecule has 11 atom stereocenters. The molecule has 338 valence electrons. The third kappa shape index (κ3) is 7.78. The van der Waals surface area contributed by atoms with E-state index in [4.69, 9.17) is 4.74 Å². The maximum Gasteiger partial charge on any atom is 0.316 e. The molecule has 2 unspecified atom stereocenters. The highest BCUT2D eigenvalue weighted by Gasteiger charge is 2.73. The van der Waals surface area contributed by atoms with Crippen molar-refractivity contribution in [1.29, 1.82) is 0 Å². The molecule has 0 aromatic heterocycles. The van der Waals surface area contributed by atoms with Crippen molar-refractivity contribution in [3.05, 3.63) is 71.3 Å². The van der Waals surface area contributed by atoms with Crippen molar-refractivity contribution in [3.8, 4) is 0 Å². The third-order valence-corrected chi connectivity index (χ3v) is 21.1. The summed E-state index contributed by atoms with van der Waals surface area (Å²) in [7, 11) is -2.84. The Morgan fingerprint density at radius 3 is 2.39 bits per heavy atom. The van der Waals surface area contributed by atoms with Crippen LogP contribution in [0, 0.1) is 62.1 Å². The van der Waals surface area contributed by atoms with E-state index in [2.05, 4.69) is 77.4 Å². The van der Waals surface area contributed by atoms with E-state index >= 15 is 4.39 Å². The Kier molecular flexibility index (Phi) is 12.3. The fraction of sp³-hybridized carbons (Fsp3) is 0.755. The van der Waals surface area contributed by atoms with Gasteiger partial charge in [0, 0.05) is 25.6 Å². The number of halogens is 1. The molecule has 1 aliphatic heterocycles. The lowest BCUT2D eigenvalue weighted by atomic mass is 9.37. The Morgan fingerprint density at radius 1 is 0.967 bits per heavy atom. The molecule has 1 aromatic carbocycles. The minimum absolute atomic E-state index is 0.0445. The van der Waals surface area contributed by atoms with Crippen LogP contribution in [0.25, 0.3) is 0 Å². The quantitative estimate of drug-likeness (QED) is 0.114. The lowest BCUT2D eigenvalue weighted by molar-refractivity contribution is -0.174. The number of carbonyl (C=O) groups excluding carboxylic acids is 1. The number of sulfone groups is 1. The lowest BCUT2D eigenvalue weighted by Crippen LogP contribution is -2.60. The fourth-order valence-corrected chi connectivity index (χ4v) is 16.9. The van der Waals surface area contributed by atoms with Crippen LogP contribution in [-0.2, 0) is 26.0 Å². The van der Waals surface area contributed by atoms with E-state index in [0.717, 1.165) is 38.0 Å². The predicted octanol–water partition coefficient (Wildman–Crippen LogP) is 11.1. The van der Waals surface area contributed by atoms with Gasteiger partial charge in [0.2, 0.25) is 0 Å². The van der Waals surface area contributed by atoms with E-state index in [1.807, 2.05) is 30.3 Å². The number of hydrogen-bond donors (Lipinski definition) is 1.